The second kappa shape index (κ2) is 21.0. The van der Waals surface area contributed by atoms with Crippen LogP contribution in [0.25, 0.3) is 0 Å². The van der Waals surface area contributed by atoms with Crippen LogP contribution in [0.4, 0.5) is 0 Å². The van der Waals surface area contributed by atoms with Crippen LogP contribution in [0.3, 0.4) is 0 Å². The summed E-state index contributed by atoms with van der Waals surface area (Å²) < 4.78 is 11.5. The van der Waals surface area contributed by atoms with Gasteiger partial charge in [-0.1, -0.05) is 85.0 Å². The van der Waals surface area contributed by atoms with Crippen LogP contribution in [0.5, 0.6) is 0 Å². The summed E-state index contributed by atoms with van der Waals surface area (Å²) in [6, 6.07) is 0. The first-order chi connectivity index (χ1) is 11.8. The van der Waals surface area contributed by atoms with Crippen LogP contribution in [0.1, 0.15) is 111 Å². The highest BCUT2D eigenvalue weighted by Crippen LogP contribution is 2.10. The number of rotatable bonds is 20. The van der Waals surface area contributed by atoms with Gasteiger partial charge in [-0.25, -0.2) is 0 Å². The van der Waals surface area contributed by atoms with E-state index in [1.807, 2.05) is 0 Å². The molecular weight excluding hydrogens is 296 g/mol. The maximum absolute atomic E-state index is 5.76. The van der Waals surface area contributed by atoms with Crippen LogP contribution in [0, 0.1) is 5.92 Å². The maximum Gasteiger partial charge on any atom is 0.0468 e. The molecule has 0 rings (SSSR count). The molecule has 0 N–H and O–H groups in total. The first-order valence-electron chi connectivity index (χ1n) is 11.0. The Labute approximate surface area is 153 Å². The summed E-state index contributed by atoms with van der Waals surface area (Å²) in [5.74, 6) is 0.721. The normalized spacial score (nSPS) is 11.5. The fraction of sp³-hybridized carbons (Fsp3) is 1.00. The van der Waals surface area contributed by atoms with Gasteiger partial charge in [0.15, 0.2) is 0 Å². The van der Waals surface area contributed by atoms with Crippen LogP contribution in [-0.2, 0) is 9.47 Å². The molecule has 0 aromatic heterocycles. The van der Waals surface area contributed by atoms with Crippen molar-refractivity contribution in [3.63, 3.8) is 0 Å². The van der Waals surface area contributed by atoms with Gasteiger partial charge >= 0.3 is 0 Å². The van der Waals surface area contributed by atoms with Crippen molar-refractivity contribution in [1.29, 1.82) is 0 Å². The van der Waals surface area contributed by atoms with Gasteiger partial charge in [-0.15, -0.1) is 0 Å². The maximum atomic E-state index is 5.76. The van der Waals surface area contributed by atoms with E-state index in [9.17, 15) is 0 Å². The molecule has 0 aliphatic heterocycles. The van der Waals surface area contributed by atoms with Gasteiger partial charge in [-0.2, -0.15) is 0 Å². The molecule has 0 bridgehead atoms. The van der Waals surface area contributed by atoms with Crippen LogP contribution in [0.2, 0.25) is 0 Å². The standard InChI is InChI=1S/C22H46O2/c1-4-6-8-10-12-14-18-23-20-16-22(3)17-21-24-19-15-13-11-9-7-5-2/h22H,4-21H2,1-3H3. The van der Waals surface area contributed by atoms with Crippen molar-refractivity contribution < 1.29 is 9.47 Å². The van der Waals surface area contributed by atoms with Gasteiger partial charge in [0.05, 0.1) is 0 Å². The van der Waals surface area contributed by atoms with Crippen molar-refractivity contribution in [2.24, 2.45) is 5.92 Å². The second-order valence-electron chi connectivity index (χ2n) is 7.44. The van der Waals surface area contributed by atoms with Gasteiger partial charge in [0, 0.05) is 26.4 Å². The van der Waals surface area contributed by atoms with Crippen LogP contribution < -0.4 is 0 Å². The number of unbranched alkanes of at least 4 members (excludes halogenated alkanes) is 10. The SMILES string of the molecule is CCCCCCCCOCCC(C)CCOCCCCCCCC. The summed E-state index contributed by atoms with van der Waals surface area (Å²) >= 11 is 0. The van der Waals surface area contributed by atoms with E-state index in [0.29, 0.717) is 0 Å². The Morgan fingerprint density at radius 3 is 1.29 bits per heavy atom. The predicted molar refractivity (Wildman–Crippen MR) is 107 cm³/mol. The molecule has 2 heteroatoms. The zero-order valence-electron chi connectivity index (χ0n) is 17.1. The predicted octanol–water partition coefficient (Wildman–Crippen LogP) is 7.16. The Bertz CT molecular complexity index is 196. The highest BCUT2D eigenvalue weighted by Gasteiger charge is 2.02. The molecule has 0 aromatic rings. The molecule has 0 aromatic carbocycles. The topological polar surface area (TPSA) is 18.5 Å². The van der Waals surface area contributed by atoms with E-state index in [1.165, 1.54) is 89.9 Å². The Kier molecular flexibility index (Phi) is 20.9. The lowest BCUT2D eigenvalue weighted by Crippen LogP contribution is -2.07. The van der Waals surface area contributed by atoms with Gasteiger partial charge in [0.1, 0.15) is 0 Å². The average molecular weight is 343 g/mol. The minimum atomic E-state index is 0.721. The van der Waals surface area contributed by atoms with Crippen molar-refractivity contribution in [2.75, 3.05) is 26.4 Å². The molecular formula is C22H46O2. The lowest BCUT2D eigenvalue weighted by atomic mass is 10.1. The summed E-state index contributed by atoms with van der Waals surface area (Å²) in [5, 5.41) is 0. The number of hydrogen-bond donors (Lipinski definition) is 0. The van der Waals surface area contributed by atoms with Crippen LogP contribution >= 0.6 is 0 Å². The summed E-state index contributed by atoms with van der Waals surface area (Å²) in [5.41, 5.74) is 0. The molecule has 0 saturated carbocycles. The molecule has 24 heavy (non-hydrogen) atoms. The second-order valence-corrected chi connectivity index (χ2v) is 7.44. The third-order valence-corrected chi connectivity index (χ3v) is 4.79. The number of hydrogen-bond acceptors (Lipinski definition) is 2. The zero-order valence-corrected chi connectivity index (χ0v) is 17.1. The highest BCUT2D eigenvalue weighted by atomic mass is 16.5. The van der Waals surface area contributed by atoms with E-state index >= 15 is 0 Å². The van der Waals surface area contributed by atoms with E-state index in [4.69, 9.17) is 9.47 Å². The van der Waals surface area contributed by atoms with Crippen LogP contribution in [-0.4, -0.2) is 26.4 Å². The number of ether oxygens (including phenoxy) is 2. The molecule has 0 unspecified atom stereocenters. The van der Waals surface area contributed by atoms with Gasteiger partial charge in [-0.3, -0.25) is 0 Å². The van der Waals surface area contributed by atoms with Crippen molar-refractivity contribution in [3.05, 3.63) is 0 Å². The van der Waals surface area contributed by atoms with Gasteiger partial charge in [0.25, 0.3) is 0 Å². The molecule has 0 aliphatic carbocycles. The molecule has 0 atom stereocenters. The Morgan fingerprint density at radius 2 is 0.875 bits per heavy atom. The minimum absolute atomic E-state index is 0.721. The first kappa shape index (κ1) is 23.9. The van der Waals surface area contributed by atoms with Gasteiger partial charge in [0.2, 0.25) is 0 Å². The van der Waals surface area contributed by atoms with E-state index in [-0.39, 0.29) is 0 Å². The average Bonchev–Trinajstić information content (AvgIpc) is 2.59. The molecule has 146 valence electrons. The lowest BCUT2D eigenvalue weighted by molar-refractivity contribution is 0.0961. The summed E-state index contributed by atoms with van der Waals surface area (Å²) in [4.78, 5) is 0. The minimum Gasteiger partial charge on any atom is -0.381 e. The molecule has 0 spiro atoms. The van der Waals surface area contributed by atoms with E-state index in [2.05, 4.69) is 20.8 Å². The van der Waals surface area contributed by atoms with Crippen molar-refractivity contribution in [1.82, 2.24) is 0 Å². The Balaban J connectivity index is 3.12. The molecule has 0 saturated heterocycles. The lowest BCUT2D eigenvalue weighted by Gasteiger charge is -2.12. The molecule has 2 nitrogen and oxygen atoms in total. The molecule has 0 heterocycles. The fourth-order valence-electron chi connectivity index (χ4n) is 2.89. The quantitative estimate of drug-likeness (QED) is 0.219. The monoisotopic (exact) mass is 342 g/mol. The van der Waals surface area contributed by atoms with E-state index < -0.39 is 0 Å². The van der Waals surface area contributed by atoms with E-state index in [0.717, 1.165) is 32.3 Å². The Morgan fingerprint density at radius 1 is 0.500 bits per heavy atom. The highest BCUT2D eigenvalue weighted by molar-refractivity contribution is 4.53. The van der Waals surface area contributed by atoms with Crippen LogP contribution in [0.15, 0.2) is 0 Å². The van der Waals surface area contributed by atoms with Crippen molar-refractivity contribution in [3.8, 4) is 0 Å². The van der Waals surface area contributed by atoms with Crippen molar-refractivity contribution >= 4 is 0 Å². The summed E-state index contributed by atoms with van der Waals surface area (Å²) in [7, 11) is 0. The zero-order chi connectivity index (χ0) is 17.7. The smallest absolute Gasteiger partial charge is 0.0468 e. The molecule has 0 radical (unpaired) electrons. The van der Waals surface area contributed by atoms with Gasteiger partial charge in [-0.05, 0) is 31.6 Å². The van der Waals surface area contributed by atoms with Crippen molar-refractivity contribution in [2.45, 2.75) is 111 Å². The Hall–Kier alpha value is -0.0800. The molecule has 0 aliphatic rings. The third kappa shape index (κ3) is 20.0. The van der Waals surface area contributed by atoms with Gasteiger partial charge < -0.3 is 9.47 Å². The van der Waals surface area contributed by atoms with E-state index in [1.54, 1.807) is 0 Å². The first-order valence-corrected chi connectivity index (χ1v) is 11.0. The third-order valence-electron chi connectivity index (χ3n) is 4.79. The molecule has 0 fully saturated rings. The summed E-state index contributed by atoms with van der Waals surface area (Å²) in [6.07, 6.45) is 18.5. The largest absolute Gasteiger partial charge is 0.381 e. The fourth-order valence-corrected chi connectivity index (χ4v) is 2.89. The summed E-state index contributed by atoms with van der Waals surface area (Å²) in [6.45, 7) is 10.6. The molecule has 0 amide bonds.